The van der Waals surface area contributed by atoms with Crippen molar-refractivity contribution in [3.8, 4) is 0 Å². The van der Waals surface area contributed by atoms with E-state index in [-0.39, 0.29) is 20.9 Å². The van der Waals surface area contributed by atoms with Crippen molar-refractivity contribution in [2.24, 2.45) is 11.3 Å². The Morgan fingerprint density at radius 1 is 1.43 bits per heavy atom. The molecule has 1 aromatic carbocycles. The normalized spacial score (nSPS) is 17.2. The summed E-state index contributed by atoms with van der Waals surface area (Å²) < 4.78 is 40.7. The van der Waals surface area contributed by atoms with Crippen LogP contribution in [0.25, 0.3) is 0 Å². The van der Waals surface area contributed by atoms with Gasteiger partial charge in [-0.1, -0.05) is 25.4 Å². The zero-order valence-electron chi connectivity index (χ0n) is 12.0. The SMILES string of the molecule is CC(C)C1(CNS(=O)(=O)c2cc(F)c(Cl)c(CO)c2)CC1. The molecule has 0 bridgehead atoms. The third-order valence-electron chi connectivity index (χ3n) is 4.29. The molecule has 21 heavy (non-hydrogen) atoms. The van der Waals surface area contributed by atoms with Crippen molar-refractivity contribution in [3.05, 3.63) is 28.5 Å². The lowest BCUT2D eigenvalue weighted by Crippen LogP contribution is -2.32. The van der Waals surface area contributed by atoms with Crippen LogP contribution in [0.1, 0.15) is 32.3 Å². The summed E-state index contributed by atoms with van der Waals surface area (Å²) in [6.07, 6.45) is 1.98. The third kappa shape index (κ3) is 3.39. The fourth-order valence-corrected chi connectivity index (χ4v) is 3.70. The maximum absolute atomic E-state index is 13.6. The van der Waals surface area contributed by atoms with Crippen LogP contribution < -0.4 is 4.72 Å². The molecule has 4 nitrogen and oxygen atoms in total. The van der Waals surface area contributed by atoms with Gasteiger partial charge in [0, 0.05) is 12.1 Å². The molecule has 0 unspecified atom stereocenters. The van der Waals surface area contributed by atoms with Crippen LogP contribution in [0.5, 0.6) is 0 Å². The number of aliphatic hydroxyl groups excluding tert-OH is 1. The van der Waals surface area contributed by atoms with Crippen molar-refractivity contribution in [2.45, 2.75) is 38.2 Å². The van der Waals surface area contributed by atoms with E-state index in [4.69, 9.17) is 16.7 Å². The standard InChI is InChI=1S/C14H19ClFNO3S/c1-9(2)14(3-4-14)8-17-21(19,20)11-5-10(7-18)13(15)12(16)6-11/h5-6,9,17-18H,3-4,7-8H2,1-2H3. The van der Waals surface area contributed by atoms with Crippen molar-refractivity contribution < 1.29 is 17.9 Å². The van der Waals surface area contributed by atoms with E-state index in [0.29, 0.717) is 12.5 Å². The number of rotatable bonds is 6. The van der Waals surface area contributed by atoms with Gasteiger partial charge in [0.2, 0.25) is 10.0 Å². The van der Waals surface area contributed by atoms with E-state index < -0.39 is 22.4 Å². The second-order valence-electron chi connectivity index (χ2n) is 5.88. The zero-order valence-corrected chi connectivity index (χ0v) is 13.6. The molecule has 0 saturated heterocycles. The first kappa shape index (κ1) is 16.7. The van der Waals surface area contributed by atoms with E-state index in [9.17, 15) is 12.8 Å². The molecule has 1 aliphatic rings. The van der Waals surface area contributed by atoms with Gasteiger partial charge in [-0.3, -0.25) is 0 Å². The van der Waals surface area contributed by atoms with Crippen LogP contribution in [0.2, 0.25) is 5.02 Å². The van der Waals surface area contributed by atoms with Crippen LogP contribution >= 0.6 is 11.6 Å². The summed E-state index contributed by atoms with van der Waals surface area (Å²) in [4.78, 5) is -0.215. The molecule has 0 spiro atoms. The van der Waals surface area contributed by atoms with Gasteiger partial charge in [-0.2, -0.15) is 0 Å². The molecule has 0 radical (unpaired) electrons. The third-order valence-corrected chi connectivity index (χ3v) is 6.09. The van der Waals surface area contributed by atoms with Gasteiger partial charge in [-0.15, -0.1) is 0 Å². The van der Waals surface area contributed by atoms with E-state index in [1.807, 2.05) is 0 Å². The first-order valence-electron chi connectivity index (χ1n) is 6.80. The lowest BCUT2D eigenvalue weighted by molar-refractivity contribution is 0.281. The second-order valence-corrected chi connectivity index (χ2v) is 8.02. The molecule has 7 heteroatoms. The molecule has 1 saturated carbocycles. The second kappa shape index (κ2) is 5.83. The fourth-order valence-electron chi connectivity index (χ4n) is 2.33. The fraction of sp³-hybridized carbons (Fsp3) is 0.571. The molecule has 118 valence electrons. The summed E-state index contributed by atoms with van der Waals surface area (Å²) in [6, 6.07) is 2.07. The summed E-state index contributed by atoms with van der Waals surface area (Å²) in [5, 5.41) is 8.86. The highest BCUT2D eigenvalue weighted by molar-refractivity contribution is 7.89. The van der Waals surface area contributed by atoms with E-state index in [0.717, 1.165) is 18.9 Å². The van der Waals surface area contributed by atoms with Crippen LogP contribution in [0.15, 0.2) is 17.0 Å². The minimum atomic E-state index is -3.82. The van der Waals surface area contributed by atoms with Gasteiger partial charge in [-0.05, 0) is 36.3 Å². The van der Waals surface area contributed by atoms with Crippen LogP contribution in [0.3, 0.4) is 0 Å². The molecule has 0 amide bonds. The molecule has 2 rings (SSSR count). The van der Waals surface area contributed by atoms with Gasteiger partial charge in [0.15, 0.2) is 0 Å². The Kier molecular flexibility index (Phi) is 4.63. The van der Waals surface area contributed by atoms with Crippen LogP contribution in [0.4, 0.5) is 4.39 Å². The summed E-state index contributed by atoms with van der Waals surface area (Å²) in [5.74, 6) is -0.469. The van der Waals surface area contributed by atoms with Crippen LogP contribution in [0, 0.1) is 17.2 Å². The Bertz CT molecular complexity index is 642. The monoisotopic (exact) mass is 335 g/mol. The predicted octanol–water partition coefficient (Wildman–Crippen LogP) is 2.69. The van der Waals surface area contributed by atoms with E-state index in [1.165, 1.54) is 6.07 Å². The quantitative estimate of drug-likeness (QED) is 0.840. The highest BCUT2D eigenvalue weighted by Crippen LogP contribution is 2.51. The highest BCUT2D eigenvalue weighted by atomic mass is 35.5. The lowest BCUT2D eigenvalue weighted by Gasteiger charge is -2.20. The van der Waals surface area contributed by atoms with Crippen molar-refractivity contribution >= 4 is 21.6 Å². The highest BCUT2D eigenvalue weighted by Gasteiger charge is 2.45. The molecule has 2 N–H and O–H groups in total. The molecule has 1 fully saturated rings. The van der Waals surface area contributed by atoms with Crippen molar-refractivity contribution in [1.82, 2.24) is 4.72 Å². The van der Waals surface area contributed by atoms with Crippen LogP contribution in [-0.4, -0.2) is 20.1 Å². The summed E-state index contributed by atoms with van der Waals surface area (Å²) in [5.41, 5.74) is 0.0692. The average molecular weight is 336 g/mol. The number of hydrogen-bond donors (Lipinski definition) is 2. The number of benzene rings is 1. The maximum Gasteiger partial charge on any atom is 0.240 e. The molecular formula is C14H19ClFNO3S. The number of halogens is 2. The van der Waals surface area contributed by atoms with Crippen molar-refractivity contribution in [2.75, 3.05) is 6.54 Å². The molecule has 0 aliphatic heterocycles. The average Bonchev–Trinajstić information content (AvgIpc) is 3.20. The topological polar surface area (TPSA) is 66.4 Å². The van der Waals surface area contributed by atoms with Gasteiger partial charge in [0.25, 0.3) is 0 Å². The summed E-state index contributed by atoms with van der Waals surface area (Å²) in [6.45, 7) is 3.95. The first-order valence-corrected chi connectivity index (χ1v) is 8.66. The Morgan fingerprint density at radius 2 is 2.05 bits per heavy atom. The molecular weight excluding hydrogens is 317 g/mol. The Hall–Kier alpha value is -0.690. The Labute approximate surface area is 129 Å². The van der Waals surface area contributed by atoms with Gasteiger partial charge < -0.3 is 5.11 Å². The largest absolute Gasteiger partial charge is 0.392 e. The number of sulfonamides is 1. The minimum Gasteiger partial charge on any atom is -0.392 e. The molecule has 0 aromatic heterocycles. The molecule has 0 atom stereocenters. The molecule has 1 aromatic rings. The van der Waals surface area contributed by atoms with E-state index >= 15 is 0 Å². The van der Waals surface area contributed by atoms with Gasteiger partial charge >= 0.3 is 0 Å². The zero-order chi connectivity index (χ0) is 15.8. The van der Waals surface area contributed by atoms with E-state index in [1.54, 1.807) is 0 Å². The van der Waals surface area contributed by atoms with Gasteiger partial charge in [0.1, 0.15) is 5.82 Å². The van der Waals surface area contributed by atoms with Crippen LogP contribution in [-0.2, 0) is 16.6 Å². The smallest absolute Gasteiger partial charge is 0.240 e. The molecule has 1 aliphatic carbocycles. The van der Waals surface area contributed by atoms with Crippen molar-refractivity contribution in [3.63, 3.8) is 0 Å². The van der Waals surface area contributed by atoms with Gasteiger partial charge in [0.05, 0.1) is 16.5 Å². The Morgan fingerprint density at radius 3 is 2.52 bits per heavy atom. The lowest BCUT2D eigenvalue weighted by atomic mass is 9.93. The van der Waals surface area contributed by atoms with Gasteiger partial charge in [-0.25, -0.2) is 17.5 Å². The predicted molar refractivity (Wildman–Crippen MR) is 79.0 cm³/mol. The number of nitrogens with one attached hydrogen (secondary N) is 1. The first-order chi connectivity index (χ1) is 9.72. The molecule has 0 heterocycles. The summed E-state index contributed by atoms with van der Waals surface area (Å²) >= 11 is 5.67. The summed E-state index contributed by atoms with van der Waals surface area (Å²) in [7, 11) is -3.82. The minimum absolute atomic E-state index is 0.0118. The van der Waals surface area contributed by atoms with E-state index in [2.05, 4.69) is 18.6 Å². The maximum atomic E-state index is 13.6. The Balaban J connectivity index is 2.22. The van der Waals surface area contributed by atoms with Crippen molar-refractivity contribution in [1.29, 1.82) is 0 Å². The number of hydrogen-bond acceptors (Lipinski definition) is 3. The number of aliphatic hydroxyl groups is 1.